The van der Waals surface area contributed by atoms with E-state index in [1.807, 2.05) is 36.6 Å². The van der Waals surface area contributed by atoms with Crippen molar-refractivity contribution in [2.45, 2.75) is 20.4 Å². The number of aryl methyl sites for hydroxylation is 1. The molecule has 0 atom stereocenters. The maximum absolute atomic E-state index is 11.9. The van der Waals surface area contributed by atoms with Gasteiger partial charge < -0.3 is 15.6 Å². The standard InChI is InChI=1S/C22H21N5OS/c1-14-5-3-6-16(9-14)12-27-15(2)18(21(23)28)10-20(27)19-13-29-22(26-19)25-17-7-4-8-24-11-17/h3-11,13H,12H2,1-2H3,(H2,23,28)(H,25,26). The number of aromatic nitrogens is 3. The average molecular weight is 404 g/mol. The highest BCUT2D eigenvalue weighted by molar-refractivity contribution is 7.14. The van der Waals surface area contributed by atoms with Crippen LogP contribution in [0, 0.1) is 13.8 Å². The lowest BCUT2D eigenvalue weighted by Gasteiger charge is -2.11. The molecule has 0 saturated carbocycles. The van der Waals surface area contributed by atoms with Crippen molar-refractivity contribution in [3.05, 3.63) is 82.6 Å². The largest absolute Gasteiger partial charge is 0.366 e. The third-order valence-electron chi connectivity index (χ3n) is 4.73. The van der Waals surface area contributed by atoms with Crippen molar-refractivity contribution in [1.29, 1.82) is 0 Å². The molecule has 6 nitrogen and oxygen atoms in total. The van der Waals surface area contributed by atoms with Crippen LogP contribution in [0.3, 0.4) is 0 Å². The number of hydrogen-bond donors (Lipinski definition) is 2. The average Bonchev–Trinajstić information content (AvgIpc) is 3.28. The normalized spacial score (nSPS) is 10.8. The van der Waals surface area contributed by atoms with E-state index in [4.69, 9.17) is 10.7 Å². The summed E-state index contributed by atoms with van der Waals surface area (Å²) in [6, 6.07) is 14.0. The Balaban J connectivity index is 1.71. The smallest absolute Gasteiger partial charge is 0.250 e. The van der Waals surface area contributed by atoms with Crippen LogP contribution in [0.25, 0.3) is 11.4 Å². The summed E-state index contributed by atoms with van der Waals surface area (Å²) < 4.78 is 2.10. The number of primary amides is 1. The van der Waals surface area contributed by atoms with Gasteiger partial charge in [0.25, 0.3) is 5.91 Å². The zero-order valence-corrected chi connectivity index (χ0v) is 17.0. The fourth-order valence-corrected chi connectivity index (χ4v) is 4.04. The Kier molecular flexibility index (Phi) is 5.14. The number of benzene rings is 1. The van der Waals surface area contributed by atoms with Gasteiger partial charge in [-0.3, -0.25) is 9.78 Å². The van der Waals surface area contributed by atoms with E-state index >= 15 is 0 Å². The van der Waals surface area contributed by atoms with Gasteiger partial charge >= 0.3 is 0 Å². The van der Waals surface area contributed by atoms with Gasteiger partial charge in [0.15, 0.2) is 5.13 Å². The van der Waals surface area contributed by atoms with E-state index in [0.717, 1.165) is 33.5 Å². The van der Waals surface area contributed by atoms with Gasteiger partial charge in [0, 0.05) is 23.8 Å². The van der Waals surface area contributed by atoms with E-state index < -0.39 is 5.91 Å². The number of nitrogens with two attached hydrogens (primary N) is 1. The van der Waals surface area contributed by atoms with Crippen molar-refractivity contribution in [2.75, 3.05) is 5.32 Å². The molecule has 4 rings (SSSR count). The number of amides is 1. The van der Waals surface area contributed by atoms with Crippen LogP contribution in [0.2, 0.25) is 0 Å². The Labute approximate surface area is 173 Å². The summed E-state index contributed by atoms with van der Waals surface area (Å²) in [5.41, 5.74) is 11.9. The number of carbonyl (C=O) groups is 1. The molecule has 0 aliphatic heterocycles. The van der Waals surface area contributed by atoms with E-state index in [9.17, 15) is 4.79 Å². The lowest BCUT2D eigenvalue weighted by atomic mass is 10.1. The van der Waals surface area contributed by atoms with Gasteiger partial charge in [-0.1, -0.05) is 29.8 Å². The number of hydrogen-bond acceptors (Lipinski definition) is 5. The van der Waals surface area contributed by atoms with Gasteiger partial charge in [-0.2, -0.15) is 0 Å². The molecular weight excluding hydrogens is 382 g/mol. The van der Waals surface area contributed by atoms with Crippen LogP contribution < -0.4 is 11.1 Å². The van der Waals surface area contributed by atoms with Gasteiger partial charge in [-0.15, -0.1) is 11.3 Å². The number of thiazole rings is 1. The van der Waals surface area contributed by atoms with Crippen LogP contribution in [0.4, 0.5) is 10.8 Å². The Hall–Kier alpha value is -3.45. The fourth-order valence-electron chi connectivity index (χ4n) is 3.31. The van der Waals surface area contributed by atoms with Crippen molar-refractivity contribution in [3.8, 4) is 11.4 Å². The number of rotatable bonds is 6. The second kappa shape index (κ2) is 7.89. The van der Waals surface area contributed by atoms with E-state index in [2.05, 4.69) is 40.0 Å². The molecule has 3 aromatic heterocycles. The van der Waals surface area contributed by atoms with Crippen LogP contribution in [0.1, 0.15) is 27.2 Å². The summed E-state index contributed by atoms with van der Waals surface area (Å²) in [5, 5.41) is 5.99. The summed E-state index contributed by atoms with van der Waals surface area (Å²) in [6.07, 6.45) is 3.47. The van der Waals surface area contributed by atoms with Gasteiger partial charge in [-0.05, 0) is 37.6 Å². The third kappa shape index (κ3) is 4.05. The number of nitrogens with zero attached hydrogens (tertiary/aromatic N) is 3. The van der Waals surface area contributed by atoms with E-state index in [-0.39, 0.29) is 0 Å². The fraction of sp³-hybridized carbons (Fsp3) is 0.136. The summed E-state index contributed by atoms with van der Waals surface area (Å²) in [7, 11) is 0. The molecule has 1 aromatic carbocycles. The van der Waals surface area contributed by atoms with E-state index in [1.54, 1.807) is 12.4 Å². The molecule has 0 bridgehead atoms. The topological polar surface area (TPSA) is 85.8 Å². The first-order valence-corrected chi connectivity index (χ1v) is 10.1. The Morgan fingerprint density at radius 2 is 2.07 bits per heavy atom. The molecule has 0 fully saturated rings. The van der Waals surface area contributed by atoms with Crippen molar-refractivity contribution in [1.82, 2.24) is 14.5 Å². The predicted molar refractivity (Wildman–Crippen MR) is 117 cm³/mol. The van der Waals surface area contributed by atoms with Crippen molar-refractivity contribution in [3.63, 3.8) is 0 Å². The Morgan fingerprint density at radius 1 is 1.21 bits per heavy atom. The quantitative estimate of drug-likeness (QED) is 0.496. The molecule has 0 aliphatic rings. The molecule has 0 unspecified atom stereocenters. The molecule has 1 amide bonds. The van der Waals surface area contributed by atoms with Gasteiger partial charge in [0.1, 0.15) is 0 Å². The molecule has 3 heterocycles. The number of pyridine rings is 1. The summed E-state index contributed by atoms with van der Waals surface area (Å²) in [5.74, 6) is -0.435. The Bertz CT molecular complexity index is 1160. The third-order valence-corrected chi connectivity index (χ3v) is 5.49. The Morgan fingerprint density at radius 3 is 2.79 bits per heavy atom. The van der Waals surface area contributed by atoms with E-state index in [0.29, 0.717) is 12.1 Å². The molecule has 0 spiro atoms. The maximum Gasteiger partial charge on any atom is 0.250 e. The SMILES string of the molecule is Cc1cccc(Cn2c(-c3csc(Nc4cccnc4)n3)cc(C(N)=O)c2C)c1. The highest BCUT2D eigenvalue weighted by Gasteiger charge is 2.19. The molecule has 0 radical (unpaired) electrons. The summed E-state index contributed by atoms with van der Waals surface area (Å²) >= 11 is 1.50. The minimum atomic E-state index is -0.435. The van der Waals surface area contributed by atoms with Crippen molar-refractivity contribution in [2.24, 2.45) is 5.73 Å². The number of anilines is 2. The second-order valence-corrected chi connectivity index (χ2v) is 7.73. The molecule has 4 aromatic rings. The van der Waals surface area contributed by atoms with Crippen LogP contribution in [0.15, 0.2) is 60.2 Å². The monoisotopic (exact) mass is 403 g/mol. The summed E-state index contributed by atoms with van der Waals surface area (Å²) in [6.45, 7) is 4.62. The maximum atomic E-state index is 11.9. The lowest BCUT2D eigenvalue weighted by molar-refractivity contribution is 0.0999. The van der Waals surface area contributed by atoms with Gasteiger partial charge in [0.2, 0.25) is 0 Å². The number of nitrogens with one attached hydrogen (secondary N) is 1. The first-order chi connectivity index (χ1) is 14.0. The minimum absolute atomic E-state index is 0.435. The molecule has 0 aliphatic carbocycles. The van der Waals surface area contributed by atoms with Gasteiger partial charge in [0.05, 0.1) is 28.8 Å². The first kappa shape index (κ1) is 18.9. The van der Waals surface area contributed by atoms with Crippen LogP contribution in [0.5, 0.6) is 0 Å². The summed E-state index contributed by atoms with van der Waals surface area (Å²) in [4.78, 5) is 20.8. The highest BCUT2D eigenvalue weighted by atomic mass is 32.1. The van der Waals surface area contributed by atoms with Crippen LogP contribution in [-0.2, 0) is 6.54 Å². The number of carbonyl (C=O) groups excluding carboxylic acids is 1. The molecule has 3 N–H and O–H groups in total. The first-order valence-electron chi connectivity index (χ1n) is 9.19. The molecule has 7 heteroatoms. The van der Waals surface area contributed by atoms with Crippen LogP contribution in [-0.4, -0.2) is 20.4 Å². The lowest BCUT2D eigenvalue weighted by Crippen LogP contribution is -2.12. The second-order valence-electron chi connectivity index (χ2n) is 6.87. The van der Waals surface area contributed by atoms with E-state index in [1.165, 1.54) is 16.9 Å². The molecule has 146 valence electrons. The molecule has 0 saturated heterocycles. The zero-order valence-electron chi connectivity index (χ0n) is 16.2. The molecular formula is C22H21N5OS. The zero-order chi connectivity index (χ0) is 20.4. The van der Waals surface area contributed by atoms with Gasteiger partial charge in [-0.25, -0.2) is 4.98 Å². The highest BCUT2D eigenvalue weighted by Crippen LogP contribution is 2.31. The van der Waals surface area contributed by atoms with Crippen molar-refractivity contribution < 1.29 is 4.79 Å². The van der Waals surface area contributed by atoms with Crippen LogP contribution >= 0.6 is 11.3 Å². The van der Waals surface area contributed by atoms with Crippen molar-refractivity contribution >= 4 is 28.1 Å². The minimum Gasteiger partial charge on any atom is -0.366 e. The molecule has 29 heavy (non-hydrogen) atoms. The predicted octanol–water partition coefficient (Wildman–Crippen LogP) is 4.51.